The zero-order chi connectivity index (χ0) is 15.7. The number of aliphatic hydroxyl groups excluding tert-OH is 1. The fourth-order valence-corrected chi connectivity index (χ4v) is 1.75. The van der Waals surface area contributed by atoms with Crippen LogP contribution in [0, 0.1) is 11.3 Å². The molecule has 0 aliphatic heterocycles. The van der Waals surface area contributed by atoms with Crippen molar-refractivity contribution >= 4 is 0 Å². The van der Waals surface area contributed by atoms with Crippen LogP contribution in [-0.2, 0) is 6.42 Å². The van der Waals surface area contributed by atoms with Crippen molar-refractivity contribution in [3.05, 3.63) is 29.8 Å². The predicted molar refractivity (Wildman–Crippen MR) is 70.8 cm³/mol. The summed E-state index contributed by atoms with van der Waals surface area (Å²) in [5.41, 5.74) is 0.851. The van der Waals surface area contributed by atoms with Gasteiger partial charge in [-0.25, -0.2) is 0 Å². The van der Waals surface area contributed by atoms with Crippen LogP contribution in [-0.4, -0.2) is 49.0 Å². The predicted octanol–water partition coefficient (Wildman–Crippen LogP) is 1.99. The van der Waals surface area contributed by atoms with E-state index in [-0.39, 0.29) is 26.3 Å². The summed E-state index contributed by atoms with van der Waals surface area (Å²) >= 11 is 0. The van der Waals surface area contributed by atoms with Crippen LogP contribution in [0.15, 0.2) is 24.3 Å². The van der Waals surface area contributed by atoms with E-state index in [1.165, 1.54) is 0 Å². The van der Waals surface area contributed by atoms with E-state index < -0.39 is 12.7 Å². The van der Waals surface area contributed by atoms with Gasteiger partial charge in [-0.1, -0.05) is 12.1 Å². The molecule has 0 heterocycles. The van der Waals surface area contributed by atoms with Crippen LogP contribution in [0.5, 0.6) is 5.75 Å². The van der Waals surface area contributed by atoms with E-state index in [0.717, 1.165) is 10.5 Å². The number of rotatable bonds is 8. The number of hydrogen-bond acceptors (Lipinski definition) is 4. The largest absolute Gasteiger partial charge is 0.492 e. The van der Waals surface area contributed by atoms with Gasteiger partial charge in [-0.05, 0) is 17.7 Å². The monoisotopic (exact) mass is 302 g/mol. The lowest BCUT2D eigenvalue weighted by molar-refractivity contribution is -0.147. The molecule has 4 nitrogen and oxygen atoms in total. The Morgan fingerprint density at radius 1 is 1.19 bits per heavy atom. The van der Waals surface area contributed by atoms with Gasteiger partial charge in [0.25, 0.3) is 0 Å². The van der Waals surface area contributed by atoms with Gasteiger partial charge < -0.3 is 9.84 Å². The molecule has 0 saturated carbocycles. The Morgan fingerprint density at radius 3 is 2.38 bits per heavy atom. The summed E-state index contributed by atoms with van der Waals surface area (Å²) in [5, 5.41) is 17.3. The van der Waals surface area contributed by atoms with Gasteiger partial charge in [-0.15, -0.1) is 0 Å². The summed E-state index contributed by atoms with van der Waals surface area (Å²) in [6.07, 6.45) is -4.00. The molecule has 0 bridgehead atoms. The number of nitrogens with zero attached hydrogens (tertiary/aromatic N) is 2. The van der Waals surface area contributed by atoms with Gasteiger partial charge in [-0.3, -0.25) is 4.90 Å². The first-order chi connectivity index (χ1) is 9.94. The van der Waals surface area contributed by atoms with Crippen LogP contribution in [0.2, 0.25) is 0 Å². The molecule has 0 radical (unpaired) electrons. The topological polar surface area (TPSA) is 56.5 Å². The molecule has 0 saturated heterocycles. The number of ether oxygens (including phenoxy) is 1. The van der Waals surface area contributed by atoms with Crippen LogP contribution in [0.25, 0.3) is 0 Å². The van der Waals surface area contributed by atoms with E-state index >= 15 is 0 Å². The molecule has 0 atom stereocenters. The summed E-state index contributed by atoms with van der Waals surface area (Å²) in [6.45, 7) is -1.30. The molecule has 1 aromatic rings. The lowest BCUT2D eigenvalue weighted by Crippen LogP contribution is -2.38. The molecular weight excluding hydrogens is 285 g/mol. The van der Waals surface area contributed by atoms with Crippen LogP contribution in [0.1, 0.15) is 5.56 Å². The minimum Gasteiger partial charge on any atom is -0.492 e. The minimum absolute atomic E-state index is 0.0516. The van der Waals surface area contributed by atoms with Crippen LogP contribution in [0.3, 0.4) is 0 Å². The van der Waals surface area contributed by atoms with E-state index in [1.807, 2.05) is 6.07 Å². The van der Waals surface area contributed by atoms with Crippen molar-refractivity contribution in [3.63, 3.8) is 0 Å². The summed E-state index contributed by atoms with van der Waals surface area (Å²) in [6, 6.07) is 8.84. The first kappa shape index (κ1) is 17.3. The number of hydrogen-bond donors (Lipinski definition) is 1. The Labute approximate surface area is 121 Å². The Bertz CT molecular complexity index is 455. The summed E-state index contributed by atoms with van der Waals surface area (Å²) < 4.78 is 42.3. The molecule has 1 rings (SSSR count). The van der Waals surface area contributed by atoms with Crippen LogP contribution < -0.4 is 4.74 Å². The van der Waals surface area contributed by atoms with Crippen molar-refractivity contribution in [2.75, 3.05) is 32.8 Å². The fraction of sp³-hybridized carbons (Fsp3) is 0.500. The molecule has 7 heteroatoms. The van der Waals surface area contributed by atoms with E-state index in [0.29, 0.717) is 12.2 Å². The quantitative estimate of drug-likeness (QED) is 0.798. The van der Waals surface area contributed by atoms with Crippen molar-refractivity contribution in [2.24, 2.45) is 0 Å². The SMILES string of the molecule is N#CCc1ccc(OCCN(CCO)CC(F)(F)F)cc1. The molecule has 21 heavy (non-hydrogen) atoms. The molecule has 0 spiro atoms. The Balaban J connectivity index is 2.41. The van der Waals surface area contributed by atoms with Gasteiger partial charge in [0.2, 0.25) is 0 Å². The molecule has 0 amide bonds. The van der Waals surface area contributed by atoms with Gasteiger partial charge in [0, 0.05) is 13.1 Å². The molecule has 0 unspecified atom stereocenters. The maximum atomic E-state index is 12.3. The summed E-state index contributed by atoms with van der Waals surface area (Å²) in [7, 11) is 0. The molecule has 0 aliphatic rings. The van der Waals surface area contributed by atoms with Gasteiger partial charge in [0.15, 0.2) is 0 Å². The number of halogens is 3. The van der Waals surface area contributed by atoms with Crippen molar-refractivity contribution in [1.82, 2.24) is 4.90 Å². The lowest BCUT2D eigenvalue weighted by Gasteiger charge is -2.22. The number of aliphatic hydroxyl groups is 1. The molecule has 0 aliphatic carbocycles. The second-order valence-electron chi connectivity index (χ2n) is 4.44. The van der Waals surface area contributed by atoms with Gasteiger partial charge in [0.05, 0.1) is 25.6 Å². The van der Waals surface area contributed by atoms with Crippen LogP contribution >= 0.6 is 0 Å². The van der Waals surface area contributed by atoms with Gasteiger partial charge >= 0.3 is 6.18 Å². The van der Waals surface area contributed by atoms with Crippen LogP contribution in [0.4, 0.5) is 13.2 Å². The Hall–Kier alpha value is -1.78. The van der Waals surface area contributed by atoms with Crippen molar-refractivity contribution in [3.8, 4) is 11.8 Å². The fourth-order valence-electron chi connectivity index (χ4n) is 1.75. The minimum atomic E-state index is -4.30. The third kappa shape index (κ3) is 7.54. The van der Waals surface area contributed by atoms with Crippen molar-refractivity contribution in [1.29, 1.82) is 5.26 Å². The molecule has 0 aromatic heterocycles. The molecule has 1 aromatic carbocycles. The number of alkyl halides is 3. The Kier molecular flexibility index (Phi) is 6.99. The molecular formula is C14H17F3N2O2. The maximum Gasteiger partial charge on any atom is 0.401 e. The maximum absolute atomic E-state index is 12.3. The first-order valence-corrected chi connectivity index (χ1v) is 6.43. The molecule has 0 fully saturated rings. The average Bonchev–Trinajstić information content (AvgIpc) is 2.39. The highest BCUT2D eigenvalue weighted by Crippen LogP contribution is 2.16. The van der Waals surface area contributed by atoms with Crippen molar-refractivity contribution in [2.45, 2.75) is 12.6 Å². The smallest absolute Gasteiger partial charge is 0.401 e. The zero-order valence-electron chi connectivity index (χ0n) is 11.4. The highest BCUT2D eigenvalue weighted by molar-refractivity contribution is 5.28. The molecule has 1 N–H and O–H groups in total. The Morgan fingerprint density at radius 2 is 1.86 bits per heavy atom. The van der Waals surface area contributed by atoms with Gasteiger partial charge in [0.1, 0.15) is 12.4 Å². The van der Waals surface area contributed by atoms with E-state index in [2.05, 4.69) is 0 Å². The van der Waals surface area contributed by atoms with E-state index in [9.17, 15) is 13.2 Å². The highest BCUT2D eigenvalue weighted by atomic mass is 19.4. The second kappa shape index (κ2) is 8.49. The third-order valence-corrected chi connectivity index (χ3v) is 2.70. The zero-order valence-corrected chi connectivity index (χ0v) is 11.4. The van der Waals surface area contributed by atoms with Gasteiger partial charge in [-0.2, -0.15) is 18.4 Å². The summed E-state index contributed by atoms with van der Waals surface area (Å²) in [5.74, 6) is 0.535. The lowest BCUT2D eigenvalue weighted by atomic mass is 10.2. The normalized spacial score (nSPS) is 11.4. The second-order valence-corrected chi connectivity index (χ2v) is 4.44. The van der Waals surface area contributed by atoms with E-state index in [1.54, 1.807) is 24.3 Å². The number of benzene rings is 1. The van der Waals surface area contributed by atoms with Crippen molar-refractivity contribution < 1.29 is 23.0 Å². The third-order valence-electron chi connectivity index (χ3n) is 2.70. The first-order valence-electron chi connectivity index (χ1n) is 6.43. The average molecular weight is 302 g/mol. The van der Waals surface area contributed by atoms with E-state index in [4.69, 9.17) is 15.1 Å². The number of nitriles is 1. The highest BCUT2D eigenvalue weighted by Gasteiger charge is 2.30. The standard InChI is InChI=1S/C14H17F3N2O2/c15-14(16,17)11-19(7-9-20)8-10-21-13-3-1-12(2-4-13)5-6-18/h1-4,20H,5,7-11H2. The molecule has 116 valence electrons. The summed E-state index contributed by atoms with van der Waals surface area (Å²) in [4.78, 5) is 1.09.